The number of anilines is 3. The number of nitrogens with one attached hydrogen (secondary N) is 3. The largest absolute Gasteiger partial charge is 0.485 e. The molecule has 0 fully saturated rings. The highest BCUT2D eigenvalue weighted by Gasteiger charge is 2.26. The minimum absolute atomic E-state index is 0.187. The molecule has 0 aliphatic carbocycles. The Hall–Kier alpha value is -3.88. The summed E-state index contributed by atoms with van der Waals surface area (Å²) in [5.74, 6) is 2.92. The minimum atomic E-state index is -0.666. The number of fused-ring (bicyclic) bond motifs is 1. The molecule has 0 spiro atoms. The van der Waals surface area contributed by atoms with E-state index in [1.54, 1.807) is 24.4 Å². The van der Waals surface area contributed by atoms with E-state index in [1.807, 2.05) is 37.3 Å². The summed E-state index contributed by atoms with van der Waals surface area (Å²) in [6.45, 7) is 3.08. The van der Waals surface area contributed by atoms with Crippen molar-refractivity contribution in [1.82, 2.24) is 20.5 Å². The lowest BCUT2D eigenvalue weighted by molar-refractivity contribution is -0.130. The van der Waals surface area contributed by atoms with Crippen LogP contribution in [0.2, 0.25) is 0 Å². The van der Waals surface area contributed by atoms with Gasteiger partial charge in [0.05, 0.1) is 0 Å². The number of benzene rings is 1. The van der Waals surface area contributed by atoms with Crippen molar-refractivity contribution in [1.29, 1.82) is 0 Å². The zero-order valence-electron chi connectivity index (χ0n) is 16.5. The number of nitrogens with zero attached hydrogens (tertiary/aromatic N) is 3. The van der Waals surface area contributed by atoms with Crippen LogP contribution in [0, 0.1) is 6.92 Å². The van der Waals surface area contributed by atoms with Gasteiger partial charge in [-0.25, -0.2) is 4.98 Å². The van der Waals surface area contributed by atoms with Crippen LogP contribution in [-0.4, -0.2) is 46.9 Å². The summed E-state index contributed by atoms with van der Waals surface area (Å²) in [4.78, 5) is 16.5. The zero-order valence-corrected chi connectivity index (χ0v) is 16.5. The van der Waals surface area contributed by atoms with Crippen LogP contribution < -0.4 is 25.4 Å². The standard InChI is InChI=1S/C21H22N6O3/c1-14-6-7-18(24-12-14)25-20-9-8-19(26-27-20)22-10-11-23-21(28)17-13-29-15-4-2-3-5-16(15)30-17/h2-9,12,17H,10-11,13H2,1H3,(H,22,26)(H,23,28)(H,24,25,27). The Morgan fingerprint density at radius 1 is 1.00 bits per heavy atom. The Balaban J connectivity index is 1.19. The van der Waals surface area contributed by atoms with Gasteiger partial charge < -0.3 is 25.4 Å². The first kappa shape index (κ1) is 19.4. The molecule has 2 aromatic heterocycles. The van der Waals surface area contributed by atoms with Crippen LogP contribution in [0.25, 0.3) is 0 Å². The normalized spacial score (nSPS) is 14.6. The Bertz CT molecular complexity index is 994. The maximum absolute atomic E-state index is 12.3. The van der Waals surface area contributed by atoms with Gasteiger partial charge in [-0.1, -0.05) is 18.2 Å². The van der Waals surface area contributed by atoms with E-state index in [9.17, 15) is 4.79 Å². The number of hydrogen-bond acceptors (Lipinski definition) is 8. The van der Waals surface area contributed by atoms with E-state index in [0.717, 1.165) is 5.56 Å². The molecule has 0 saturated carbocycles. The third-order valence-electron chi connectivity index (χ3n) is 4.36. The molecule has 0 bridgehead atoms. The van der Waals surface area contributed by atoms with Gasteiger partial charge in [-0.15, -0.1) is 10.2 Å². The smallest absolute Gasteiger partial charge is 0.264 e. The quantitative estimate of drug-likeness (QED) is 0.513. The second-order valence-electron chi connectivity index (χ2n) is 6.73. The molecular formula is C21H22N6O3. The van der Waals surface area contributed by atoms with Gasteiger partial charge >= 0.3 is 0 Å². The first-order valence-electron chi connectivity index (χ1n) is 9.61. The van der Waals surface area contributed by atoms with E-state index >= 15 is 0 Å². The van der Waals surface area contributed by atoms with Crippen LogP contribution in [0.15, 0.2) is 54.7 Å². The molecule has 1 unspecified atom stereocenters. The predicted molar refractivity (Wildman–Crippen MR) is 112 cm³/mol. The van der Waals surface area contributed by atoms with Crippen LogP contribution in [0.1, 0.15) is 5.56 Å². The maximum atomic E-state index is 12.3. The molecule has 3 heterocycles. The van der Waals surface area contributed by atoms with Gasteiger partial charge in [-0.3, -0.25) is 4.79 Å². The molecule has 1 aromatic carbocycles. The monoisotopic (exact) mass is 406 g/mol. The van der Waals surface area contributed by atoms with Crippen LogP contribution in [0.3, 0.4) is 0 Å². The first-order valence-corrected chi connectivity index (χ1v) is 9.61. The number of carbonyl (C=O) groups excluding carboxylic acids is 1. The predicted octanol–water partition coefficient (Wildman–Crippen LogP) is 2.29. The van der Waals surface area contributed by atoms with Crippen molar-refractivity contribution in [2.24, 2.45) is 0 Å². The van der Waals surface area contributed by atoms with Gasteiger partial charge in [0.2, 0.25) is 6.10 Å². The molecule has 1 aliphatic rings. The molecule has 3 N–H and O–H groups in total. The molecule has 1 atom stereocenters. The third-order valence-corrected chi connectivity index (χ3v) is 4.36. The van der Waals surface area contributed by atoms with Crippen molar-refractivity contribution in [3.8, 4) is 11.5 Å². The zero-order chi connectivity index (χ0) is 20.8. The van der Waals surface area contributed by atoms with Gasteiger partial charge in [0.25, 0.3) is 5.91 Å². The lowest BCUT2D eigenvalue weighted by Crippen LogP contribution is -2.45. The number of pyridine rings is 1. The van der Waals surface area contributed by atoms with Crippen molar-refractivity contribution < 1.29 is 14.3 Å². The van der Waals surface area contributed by atoms with Gasteiger partial charge in [-0.2, -0.15) is 0 Å². The SMILES string of the molecule is Cc1ccc(Nc2ccc(NCCNC(=O)C3COc4ccccc4O3)nn2)nc1. The van der Waals surface area contributed by atoms with Crippen LogP contribution in [0.4, 0.5) is 17.5 Å². The van der Waals surface area contributed by atoms with Gasteiger partial charge in [-0.05, 0) is 42.8 Å². The van der Waals surface area contributed by atoms with Crippen molar-refractivity contribution in [2.45, 2.75) is 13.0 Å². The van der Waals surface area contributed by atoms with E-state index < -0.39 is 6.10 Å². The van der Waals surface area contributed by atoms with Crippen molar-refractivity contribution in [3.05, 3.63) is 60.3 Å². The van der Waals surface area contributed by atoms with E-state index in [4.69, 9.17) is 9.47 Å². The van der Waals surface area contributed by atoms with Crippen LogP contribution in [0.5, 0.6) is 11.5 Å². The fourth-order valence-corrected chi connectivity index (χ4v) is 2.81. The molecule has 1 amide bonds. The van der Waals surface area contributed by atoms with Gasteiger partial charge in [0.15, 0.2) is 17.3 Å². The first-order chi connectivity index (χ1) is 14.7. The maximum Gasteiger partial charge on any atom is 0.264 e. The summed E-state index contributed by atoms with van der Waals surface area (Å²) < 4.78 is 11.2. The van der Waals surface area contributed by atoms with Crippen molar-refractivity contribution in [2.75, 3.05) is 30.3 Å². The molecule has 9 nitrogen and oxygen atoms in total. The lowest BCUT2D eigenvalue weighted by atomic mass is 10.2. The fraction of sp³-hybridized carbons (Fsp3) is 0.238. The molecule has 3 aromatic rings. The van der Waals surface area contributed by atoms with Crippen molar-refractivity contribution >= 4 is 23.4 Å². The summed E-state index contributed by atoms with van der Waals surface area (Å²) in [7, 11) is 0. The average Bonchev–Trinajstić information content (AvgIpc) is 2.79. The number of carbonyl (C=O) groups is 1. The number of amides is 1. The average molecular weight is 406 g/mol. The molecule has 30 heavy (non-hydrogen) atoms. The highest BCUT2D eigenvalue weighted by molar-refractivity contribution is 5.81. The Morgan fingerprint density at radius 3 is 2.53 bits per heavy atom. The molecular weight excluding hydrogens is 384 g/mol. The van der Waals surface area contributed by atoms with Gasteiger partial charge in [0, 0.05) is 19.3 Å². The highest BCUT2D eigenvalue weighted by Crippen LogP contribution is 2.30. The minimum Gasteiger partial charge on any atom is -0.485 e. The van der Waals surface area contributed by atoms with Crippen LogP contribution in [-0.2, 0) is 4.79 Å². The van der Waals surface area contributed by atoms with E-state index in [0.29, 0.717) is 42.0 Å². The van der Waals surface area contributed by atoms with Gasteiger partial charge in [0.1, 0.15) is 18.2 Å². The fourth-order valence-electron chi connectivity index (χ4n) is 2.81. The lowest BCUT2D eigenvalue weighted by Gasteiger charge is -2.25. The number of aromatic nitrogens is 3. The second kappa shape index (κ2) is 9.08. The second-order valence-corrected chi connectivity index (χ2v) is 6.73. The molecule has 0 radical (unpaired) electrons. The number of aryl methyl sites for hydroxylation is 1. The van der Waals surface area contributed by atoms with E-state index in [1.165, 1.54) is 0 Å². The van der Waals surface area contributed by atoms with E-state index in [2.05, 4.69) is 31.1 Å². The summed E-state index contributed by atoms with van der Waals surface area (Å²) in [5, 5.41) is 17.3. The number of ether oxygens (including phenoxy) is 2. The summed E-state index contributed by atoms with van der Waals surface area (Å²) in [6, 6.07) is 14.8. The highest BCUT2D eigenvalue weighted by atomic mass is 16.6. The summed E-state index contributed by atoms with van der Waals surface area (Å²) in [6.07, 6.45) is 1.11. The Labute approximate surface area is 173 Å². The number of hydrogen-bond donors (Lipinski definition) is 3. The molecule has 9 heteroatoms. The topological polar surface area (TPSA) is 110 Å². The Morgan fingerprint density at radius 2 is 1.77 bits per heavy atom. The molecule has 4 rings (SSSR count). The number of rotatable bonds is 7. The molecule has 154 valence electrons. The summed E-state index contributed by atoms with van der Waals surface area (Å²) >= 11 is 0. The molecule has 0 saturated heterocycles. The number of para-hydroxylation sites is 2. The van der Waals surface area contributed by atoms with Crippen LogP contribution >= 0.6 is 0 Å². The third kappa shape index (κ3) is 4.93. The summed E-state index contributed by atoms with van der Waals surface area (Å²) in [5.41, 5.74) is 1.09. The van der Waals surface area contributed by atoms with E-state index in [-0.39, 0.29) is 12.5 Å². The Kier molecular flexibility index (Phi) is 5.88. The molecule has 1 aliphatic heterocycles. The van der Waals surface area contributed by atoms with Crippen molar-refractivity contribution in [3.63, 3.8) is 0 Å².